The number of carbonyl (C=O) groups excluding carboxylic acids is 1. The molecule has 1 aromatic heterocycles. The minimum atomic E-state index is 0.162. The zero-order valence-electron chi connectivity index (χ0n) is 15.1. The molecule has 0 spiro atoms. The minimum absolute atomic E-state index is 0.162. The van der Waals surface area contributed by atoms with Crippen LogP contribution < -0.4 is 4.90 Å². The number of rotatable bonds is 4. The molecule has 6 heteroatoms. The monoisotopic (exact) mass is 401 g/mol. The van der Waals surface area contributed by atoms with Crippen LogP contribution in [-0.2, 0) is 0 Å². The summed E-state index contributed by atoms with van der Waals surface area (Å²) in [6.07, 6.45) is 1.83. The van der Waals surface area contributed by atoms with Gasteiger partial charge < -0.3 is 9.88 Å². The maximum Gasteiger partial charge on any atom is 0.178 e. The number of anilines is 1. The fourth-order valence-corrected chi connectivity index (χ4v) is 3.89. The van der Waals surface area contributed by atoms with Gasteiger partial charge in [0.15, 0.2) is 5.78 Å². The van der Waals surface area contributed by atoms with E-state index >= 15 is 0 Å². The molecular weight excluding hydrogens is 381 g/mol. The third kappa shape index (κ3) is 3.84. The van der Waals surface area contributed by atoms with E-state index in [2.05, 4.69) is 26.9 Å². The van der Waals surface area contributed by atoms with Crippen LogP contribution in [0, 0.1) is 6.92 Å². The first-order valence-corrected chi connectivity index (χ1v) is 9.80. The number of aromatic nitrogens is 1. The third-order valence-corrected chi connectivity index (χ3v) is 5.88. The largest absolute Gasteiger partial charge is 0.369 e. The summed E-state index contributed by atoms with van der Waals surface area (Å²) in [5.41, 5.74) is 4.02. The molecule has 0 unspecified atom stereocenters. The van der Waals surface area contributed by atoms with Gasteiger partial charge in [0.1, 0.15) is 0 Å². The first-order chi connectivity index (χ1) is 13.0. The fourth-order valence-electron chi connectivity index (χ4n) is 3.60. The van der Waals surface area contributed by atoms with Gasteiger partial charge in [-0.25, -0.2) is 0 Å². The standard InChI is InChI=1S/C21H21Cl2N3O/c1-14-2-5-20-16(10-14)17(12-24-20)21(27)13-25-6-8-26(9-7-25)15-3-4-18(22)19(23)11-15/h2-5,10-12,24H,6-9,13H2,1H3. The van der Waals surface area contributed by atoms with Crippen LogP contribution >= 0.6 is 23.2 Å². The quantitative estimate of drug-likeness (QED) is 0.638. The van der Waals surface area contributed by atoms with E-state index in [1.807, 2.05) is 37.4 Å². The SMILES string of the molecule is Cc1ccc2[nH]cc(C(=O)CN3CCN(c4ccc(Cl)c(Cl)c4)CC3)c2c1. The highest BCUT2D eigenvalue weighted by Gasteiger charge is 2.21. The summed E-state index contributed by atoms with van der Waals surface area (Å²) < 4.78 is 0. The summed E-state index contributed by atoms with van der Waals surface area (Å²) in [4.78, 5) is 20.5. The Morgan fingerprint density at radius 3 is 2.56 bits per heavy atom. The van der Waals surface area contributed by atoms with Gasteiger partial charge in [-0.05, 0) is 37.3 Å². The van der Waals surface area contributed by atoms with Gasteiger partial charge in [0.25, 0.3) is 0 Å². The van der Waals surface area contributed by atoms with Crippen LogP contribution in [0.15, 0.2) is 42.6 Å². The number of hydrogen-bond donors (Lipinski definition) is 1. The number of aromatic amines is 1. The zero-order chi connectivity index (χ0) is 19.0. The van der Waals surface area contributed by atoms with E-state index in [0.717, 1.165) is 53.9 Å². The molecule has 0 saturated carbocycles. The van der Waals surface area contributed by atoms with E-state index in [9.17, 15) is 4.79 Å². The Bertz CT molecular complexity index is 990. The summed E-state index contributed by atoms with van der Waals surface area (Å²) in [6, 6.07) is 11.9. The molecule has 0 bridgehead atoms. The molecular formula is C21H21Cl2N3O. The van der Waals surface area contributed by atoms with Crippen LogP contribution in [0.5, 0.6) is 0 Å². The van der Waals surface area contributed by atoms with E-state index in [0.29, 0.717) is 16.6 Å². The molecule has 0 atom stereocenters. The summed E-state index contributed by atoms with van der Waals surface area (Å²) >= 11 is 12.1. The number of benzene rings is 2. The first-order valence-electron chi connectivity index (χ1n) is 9.04. The molecule has 1 saturated heterocycles. The second kappa shape index (κ2) is 7.55. The number of piperazine rings is 1. The van der Waals surface area contributed by atoms with Crippen molar-refractivity contribution in [1.29, 1.82) is 0 Å². The van der Waals surface area contributed by atoms with Gasteiger partial charge in [-0.2, -0.15) is 0 Å². The number of fused-ring (bicyclic) bond motifs is 1. The number of Topliss-reactive ketones (excluding diaryl/α,β-unsaturated/α-hetero) is 1. The predicted molar refractivity (Wildman–Crippen MR) is 112 cm³/mol. The average Bonchev–Trinajstić information content (AvgIpc) is 3.08. The lowest BCUT2D eigenvalue weighted by atomic mass is 10.1. The van der Waals surface area contributed by atoms with Gasteiger partial charge in [0.2, 0.25) is 0 Å². The molecule has 27 heavy (non-hydrogen) atoms. The smallest absolute Gasteiger partial charge is 0.178 e. The second-order valence-corrected chi connectivity index (χ2v) is 7.85. The number of nitrogens with one attached hydrogen (secondary N) is 1. The molecule has 1 aliphatic rings. The van der Waals surface area contributed by atoms with Gasteiger partial charge in [-0.15, -0.1) is 0 Å². The van der Waals surface area contributed by atoms with E-state index in [1.165, 1.54) is 0 Å². The number of hydrogen-bond acceptors (Lipinski definition) is 3. The van der Waals surface area contributed by atoms with Crippen LogP contribution in [0.3, 0.4) is 0 Å². The Hall–Kier alpha value is -2.01. The van der Waals surface area contributed by atoms with Crippen LogP contribution in [0.1, 0.15) is 15.9 Å². The Labute approximate surface area is 168 Å². The lowest BCUT2D eigenvalue weighted by Crippen LogP contribution is -2.48. The first kappa shape index (κ1) is 18.4. The van der Waals surface area contributed by atoms with E-state index in [1.54, 1.807) is 0 Å². The normalized spacial score (nSPS) is 15.4. The van der Waals surface area contributed by atoms with E-state index in [4.69, 9.17) is 23.2 Å². The maximum absolute atomic E-state index is 12.8. The lowest BCUT2D eigenvalue weighted by molar-refractivity contribution is 0.0928. The second-order valence-electron chi connectivity index (χ2n) is 7.04. The Morgan fingerprint density at radius 2 is 1.81 bits per heavy atom. The number of nitrogens with zero attached hydrogens (tertiary/aromatic N) is 2. The summed E-state index contributed by atoms with van der Waals surface area (Å²) in [5.74, 6) is 0.162. The molecule has 1 fully saturated rings. The van der Waals surface area contributed by atoms with Crippen molar-refractivity contribution >= 4 is 45.6 Å². The molecule has 4 nitrogen and oxygen atoms in total. The van der Waals surface area contributed by atoms with Crippen molar-refractivity contribution in [2.75, 3.05) is 37.6 Å². The summed E-state index contributed by atoms with van der Waals surface area (Å²) in [6.45, 7) is 5.89. The molecule has 2 heterocycles. The van der Waals surface area contributed by atoms with Crippen LogP contribution in [0.25, 0.3) is 10.9 Å². The molecule has 2 aromatic carbocycles. The summed E-state index contributed by atoms with van der Waals surface area (Å²) in [7, 11) is 0. The highest BCUT2D eigenvalue weighted by atomic mass is 35.5. The predicted octanol–water partition coefficient (Wildman–Crippen LogP) is 4.79. The molecule has 4 rings (SSSR count). The third-order valence-electron chi connectivity index (χ3n) is 5.15. The minimum Gasteiger partial charge on any atom is -0.369 e. The fraction of sp³-hybridized carbons (Fsp3) is 0.286. The van der Waals surface area contributed by atoms with Crippen LogP contribution in [0.2, 0.25) is 10.0 Å². The van der Waals surface area contributed by atoms with Crippen molar-refractivity contribution in [1.82, 2.24) is 9.88 Å². The highest BCUT2D eigenvalue weighted by molar-refractivity contribution is 6.42. The number of halogens is 2. The van der Waals surface area contributed by atoms with Crippen LogP contribution in [0.4, 0.5) is 5.69 Å². The zero-order valence-corrected chi connectivity index (χ0v) is 16.6. The molecule has 1 aliphatic heterocycles. The van der Waals surface area contributed by atoms with Gasteiger partial charge >= 0.3 is 0 Å². The Balaban J connectivity index is 1.40. The molecule has 0 radical (unpaired) electrons. The molecule has 3 aromatic rings. The van der Waals surface area contributed by atoms with Crippen molar-refractivity contribution in [3.8, 4) is 0 Å². The number of aryl methyl sites for hydroxylation is 1. The van der Waals surface area contributed by atoms with E-state index < -0.39 is 0 Å². The van der Waals surface area contributed by atoms with Crippen molar-refractivity contribution in [3.63, 3.8) is 0 Å². The van der Waals surface area contributed by atoms with Crippen molar-refractivity contribution in [3.05, 3.63) is 63.8 Å². The Kier molecular flexibility index (Phi) is 5.13. The van der Waals surface area contributed by atoms with Crippen molar-refractivity contribution < 1.29 is 4.79 Å². The number of ketones is 1. The van der Waals surface area contributed by atoms with Crippen molar-refractivity contribution in [2.24, 2.45) is 0 Å². The van der Waals surface area contributed by atoms with Gasteiger partial charge in [-0.1, -0.05) is 34.8 Å². The highest BCUT2D eigenvalue weighted by Crippen LogP contribution is 2.28. The number of H-pyrrole nitrogens is 1. The Morgan fingerprint density at radius 1 is 1.04 bits per heavy atom. The molecule has 140 valence electrons. The summed E-state index contributed by atoms with van der Waals surface area (Å²) in [5, 5.41) is 2.15. The number of carbonyl (C=O) groups is 1. The molecule has 0 amide bonds. The maximum atomic E-state index is 12.8. The van der Waals surface area contributed by atoms with Gasteiger partial charge in [0, 0.05) is 54.5 Å². The van der Waals surface area contributed by atoms with Crippen LogP contribution in [-0.4, -0.2) is 48.4 Å². The van der Waals surface area contributed by atoms with E-state index in [-0.39, 0.29) is 5.78 Å². The average molecular weight is 402 g/mol. The van der Waals surface area contributed by atoms with Gasteiger partial charge in [0.05, 0.1) is 16.6 Å². The molecule has 0 aliphatic carbocycles. The van der Waals surface area contributed by atoms with Crippen molar-refractivity contribution in [2.45, 2.75) is 6.92 Å². The molecule has 1 N–H and O–H groups in total. The topological polar surface area (TPSA) is 39.3 Å². The lowest BCUT2D eigenvalue weighted by Gasteiger charge is -2.35. The van der Waals surface area contributed by atoms with Gasteiger partial charge in [-0.3, -0.25) is 9.69 Å².